The summed E-state index contributed by atoms with van der Waals surface area (Å²) in [6, 6.07) is 29.5. The maximum absolute atomic E-state index is 3.12. The number of aryl methyl sites for hydroxylation is 4. The monoisotopic (exact) mass is 738 g/mol. The van der Waals surface area contributed by atoms with Crippen LogP contribution in [0.4, 0.5) is 0 Å². The van der Waals surface area contributed by atoms with Crippen LogP contribution in [0.15, 0.2) is 96.6 Å². The first-order valence-electron chi connectivity index (χ1n) is 16.2. The molecule has 0 spiro atoms. The van der Waals surface area contributed by atoms with Gasteiger partial charge in [0.1, 0.15) is 0 Å². The van der Waals surface area contributed by atoms with Crippen LogP contribution < -0.4 is 24.8 Å². The van der Waals surface area contributed by atoms with Crippen molar-refractivity contribution in [1.29, 1.82) is 0 Å². The van der Waals surface area contributed by atoms with Gasteiger partial charge < -0.3 is 24.8 Å². The maximum Gasteiger partial charge on any atom is -1.00 e. The minimum Gasteiger partial charge on any atom is -1.00 e. The van der Waals surface area contributed by atoms with E-state index in [0.717, 1.165) is 6.42 Å². The molecule has 6 rings (SSSR count). The first-order chi connectivity index (χ1) is 21.0. The summed E-state index contributed by atoms with van der Waals surface area (Å²) in [6.07, 6.45) is 8.33. The van der Waals surface area contributed by atoms with E-state index in [0.29, 0.717) is 0 Å². The zero-order valence-electron chi connectivity index (χ0n) is 30.1. The van der Waals surface area contributed by atoms with E-state index in [1.165, 1.54) is 99.1 Å². The normalized spacial score (nSPS) is 12.3. The summed E-state index contributed by atoms with van der Waals surface area (Å²) in [5, 5.41) is 5.55. The van der Waals surface area contributed by atoms with E-state index in [-0.39, 0.29) is 35.6 Å². The second-order valence-electron chi connectivity index (χ2n) is 14.7. The molecule has 3 heteroatoms. The van der Waals surface area contributed by atoms with Crippen molar-refractivity contribution in [1.82, 2.24) is 0 Å². The molecule has 0 radical (unpaired) electrons. The van der Waals surface area contributed by atoms with Gasteiger partial charge in [0, 0.05) is 0 Å². The van der Waals surface area contributed by atoms with E-state index in [1.807, 2.05) is 0 Å². The van der Waals surface area contributed by atoms with Crippen molar-refractivity contribution in [2.45, 2.75) is 93.4 Å². The van der Waals surface area contributed by atoms with Gasteiger partial charge >= 0.3 is 112 Å². The molecule has 1 aliphatic rings. The Kier molecular flexibility index (Phi) is 14.6. The average Bonchev–Trinajstić information content (AvgIpc) is 3.57. The summed E-state index contributed by atoms with van der Waals surface area (Å²) in [4.78, 5) is 0. The Labute approximate surface area is 312 Å². The summed E-state index contributed by atoms with van der Waals surface area (Å²) in [5.41, 5.74) is 12.6. The summed E-state index contributed by atoms with van der Waals surface area (Å²) in [6.45, 7) is 24.6. The zero-order valence-corrected chi connectivity index (χ0v) is 34.1. The second-order valence-corrected chi connectivity index (χ2v) is 16.0. The number of fused-ring (bicyclic) bond motifs is 3. The predicted molar refractivity (Wildman–Crippen MR) is 196 cm³/mol. The van der Waals surface area contributed by atoms with Gasteiger partial charge in [-0.25, -0.2) is 11.6 Å². The number of hydrogen-bond donors (Lipinski definition) is 0. The van der Waals surface area contributed by atoms with Gasteiger partial charge in [-0.2, -0.15) is 6.08 Å². The maximum atomic E-state index is 3.12. The van der Waals surface area contributed by atoms with Crippen molar-refractivity contribution >= 4 is 24.8 Å². The molecule has 0 atom stereocenters. The van der Waals surface area contributed by atoms with Crippen LogP contribution in [-0.4, -0.2) is 3.21 Å². The molecule has 0 N–H and O–H groups in total. The van der Waals surface area contributed by atoms with E-state index in [4.69, 9.17) is 0 Å². The number of halogens is 2. The molecule has 0 fully saturated rings. The molecule has 5 aromatic rings. The van der Waals surface area contributed by atoms with Gasteiger partial charge in [-0.1, -0.05) is 82.9 Å². The largest absolute Gasteiger partial charge is 1.00 e. The molecule has 246 valence electrons. The third kappa shape index (κ3) is 10.5. The van der Waals surface area contributed by atoms with E-state index >= 15 is 0 Å². The second kappa shape index (κ2) is 16.8. The number of rotatable bonds is 2. The third-order valence-corrected chi connectivity index (χ3v) is 9.98. The van der Waals surface area contributed by atoms with E-state index in [1.54, 1.807) is 0 Å². The molecule has 0 aliphatic heterocycles. The van der Waals surface area contributed by atoms with Gasteiger partial charge in [0.25, 0.3) is 0 Å². The minimum atomic E-state index is 0. The fraction of sp³-hybridized carbons (Fsp3) is 0.318. The molecule has 0 aromatic heterocycles. The Balaban J connectivity index is 0.000000278. The first kappa shape index (κ1) is 40.7. The predicted octanol–water partition coefficient (Wildman–Crippen LogP) is 6.05. The van der Waals surface area contributed by atoms with E-state index < -0.39 is 0 Å². The molecule has 5 aromatic carbocycles. The van der Waals surface area contributed by atoms with Gasteiger partial charge in [0.15, 0.2) is 0 Å². The summed E-state index contributed by atoms with van der Waals surface area (Å²) in [5.74, 6) is 0. The van der Waals surface area contributed by atoms with Crippen LogP contribution in [0.25, 0.3) is 21.5 Å². The number of hydrogen-bond acceptors (Lipinski definition) is 0. The molecule has 0 saturated heterocycles. The number of benzene rings is 4. The van der Waals surface area contributed by atoms with Crippen molar-refractivity contribution in [2.75, 3.05) is 0 Å². The van der Waals surface area contributed by atoms with Crippen molar-refractivity contribution in [2.24, 2.45) is 0 Å². The molecule has 0 amide bonds. The first-order valence-corrected chi connectivity index (χ1v) is 17.4. The molecule has 0 nitrogen and oxygen atoms in total. The molecule has 0 saturated carbocycles. The molecular formula is C44H50Cl2Zr-2. The van der Waals surface area contributed by atoms with Gasteiger partial charge in [-0.05, 0) is 24.7 Å². The van der Waals surface area contributed by atoms with Crippen LogP contribution in [0, 0.1) is 33.8 Å². The summed E-state index contributed by atoms with van der Waals surface area (Å²) in [7, 11) is 0. The minimum absolute atomic E-state index is 0. The SMILES string of the molecule is CC1=[C-]CC=C1.Cc1cc2[cH-]c3cc(C)c(C(C)(C)C)cc3c2cc1C(C)(C)C.Cc1ccc([C](=[Zr+2])c2ccc(C)cc2)cc1.[Cl-].[Cl-]. The van der Waals surface area contributed by atoms with Gasteiger partial charge in [0.05, 0.1) is 0 Å². The topological polar surface area (TPSA) is 0 Å². The van der Waals surface area contributed by atoms with Crippen LogP contribution >= 0.6 is 0 Å². The molecule has 0 heterocycles. The summed E-state index contributed by atoms with van der Waals surface area (Å²) < 4.78 is 1.42. The van der Waals surface area contributed by atoms with E-state index in [9.17, 15) is 0 Å². The Morgan fingerprint density at radius 2 is 1.00 bits per heavy atom. The van der Waals surface area contributed by atoms with Crippen LogP contribution in [0.2, 0.25) is 0 Å². The van der Waals surface area contributed by atoms with Crippen LogP contribution in [-0.2, 0) is 35.1 Å². The molecule has 0 unspecified atom stereocenters. The van der Waals surface area contributed by atoms with Crippen molar-refractivity contribution in [3.05, 3.63) is 147 Å². The fourth-order valence-electron chi connectivity index (χ4n) is 6.07. The molecular weight excluding hydrogens is 691 g/mol. The van der Waals surface area contributed by atoms with Gasteiger partial charge in [0.2, 0.25) is 0 Å². The van der Waals surface area contributed by atoms with Crippen LogP contribution in [0.1, 0.15) is 99.4 Å². The molecule has 47 heavy (non-hydrogen) atoms. The van der Waals surface area contributed by atoms with Crippen molar-refractivity contribution < 1.29 is 49.0 Å². The molecule has 0 bridgehead atoms. The average molecular weight is 741 g/mol. The third-order valence-electron chi connectivity index (χ3n) is 8.56. The van der Waals surface area contributed by atoms with Gasteiger partial charge in [-0.3, -0.25) is 6.08 Å². The zero-order chi connectivity index (χ0) is 33.1. The quantitative estimate of drug-likeness (QED) is 0.194. The van der Waals surface area contributed by atoms with Gasteiger partial charge in [-0.15, -0.1) is 46.2 Å². The molecule has 1 aliphatic carbocycles. The standard InChI is InChI=1S/C23H29.C15H14.C6H7.2ClH.Zr/c1-14-9-16-11-17-10-15(2)21(23(6,7)8)13-19(17)18(16)12-20(14)22(3,4)5;1-12-3-7-14(8-4-12)11-15-9-5-13(2)6-10-15;1-6-4-2-3-5-6;;;/h9-13H,1-8H3;3-10H,1-2H3;2,4H,3H2,1H3;2*1H;/q-1;;-1;;;+2/p-2. The van der Waals surface area contributed by atoms with Crippen molar-refractivity contribution in [3.63, 3.8) is 0 Å². The van der Waals surface area contributed by atoms with Crippen LogP contribution in [0.3, 0.4) is 0 Å². The Morgan fingerprint density at radius 1 is 0.617 bits per heavy atom. The fourth-order valence-corrected chi connectivity index (χ4v) is 6.89. The Bertz CT molecular complexity index is 1740. The van der Waals surface area contributed by atoms with Crippen molar-refractivity contribution in [3.8, 4) is 0 Å². The van der Waals surface area contributed by atoms with E-state index in [2.05, 4.69) is 173 Å². The Morgan fingerprint density at radius 3 is 1.28 bits per heavy atom. The van der Waals surface area contributed by atoms with Crippen LogP contribution in [0.5, 0.6) is 0 Å². The Hall–Kier alpha value is -2.44. The number of allylic oxidation sites excluding steroid dienone is 4. The smallest absolute Gasteiger partial charge is 1.00 e. The summed E-state index contributed by atoms with van der Waals surface area (Å²) >= 11 is 1.46.